The Morgan fingerprint density at radius 2 is 2.03 bits per heavy atom. The third-order valence-electron chi connectivity index (χ3n) is 5.19. The van der Waals surface area contributed by atoms with Gasteiger partial charge in [-0.1, -0.05) is 12.1 Å². The molecule has 7 nitrogen and oxygen atoms in total. The zero-order chi connectivity index (χ0) is 23.3. The number of ether oxygens (including phenoxy) is 1. The van der Waals surface area contributed by atoms with E-state index in [4.69, 9.17) is 9.84 Å². The van der Waals surface area contributed by atoms with Gasteiger partial charge >= 0.3 is 12.1 Å². The van der Waals surface area contributed by atoms with E-state index in [0.29, 0.717) is 29.9 Å². The molecule has 2 N–H and O–H groups in total. The van der Waals surface area contributed by atoms with Crippen LogP contribution in [0, 0.1) is 5.92 Å². The van der Waals surface area contributed by atoms with Crippen molar-refractivity contribution in [2.75, 3.05) is 32.1 Å². The number of hydrogen-bond acceptors (Lipinski definition) is 6. The molecule has 1 aromatic carbocycles. The summed E-state index contributed by atoms with van der Waals surface area (Å²) in [5.41, 5.74) is 2.06. The van der Waals surface area contributed by atoms with Gasteiger partial charge in [-0.15, -0.1) is 0 Å². The maximum atomic E-state index is 13.0. The fourth-order valence-corrected chi connectivity index (χ4v) is 3.74. The Balaban J connectivity index is 1.74. The molecule has 1 atom stereocenters. The number of fused-ring (bicyclic) bond motifs is 1. The van der Waals surface area contributed by atoms with Gasteiger partial charge in [-0.3, -0.25) is 9.69 Å². The first-order valence-corrected chi connectivity index (χ1v) is 10.1. The first-order chi connectivity index (χ1) is 15.1. The van der Waals surface area contributed by atoms with Crippen molar-refractivity contribution >= 4 is 17.6 Å². The van der Waals surface area contributed by atoms with Crippen LogP contribution in [0.2, 0.25) is 0 Å². The molecule has 10 heteroatoms. The van der Waals surface area contributed by atoms with Crippen LogP contribution in [-0.4, -0.2) is 59.7 Å². The largest absolute Gasteiger partial charge is 0.493 e. The number of carbonyl (C=O) groups is 2. The van der Waals surface area contributed by atoms with E-state index in [1.807, 2.05) is 18.2 Å². The van der Waals surface area contributed by atoms with Crippen molar-refractivity contribution in [1.82, 2.24) is 9.88 Å². The number of pyridine rings is 1. The average molecular weight is 451 g/mol. The highest BCUT2D eigenvalue weighted by Gasteiger charge is 2.36. The second-order valence-corrected chi connectivity index (χ2v) is 7.65. The molecule has 0 fully saturated rings. The number of rotatable bonds is 8. The van der Waals surface area contributed by atoms with Gasteiger partial charge in [-0.25, -0.2) is 9.78 Å². The van der Waals surface area contributed by atoms with Crippen molar-refractivity contribution in [3.63, 3.8) is 0 Å². The number of halogens is 3. The number of benzene rings is 1. The van der Waals surface area contributed by atoms with Gasteiger partial charge in [0.05, 0.1) is 13.2 Å². The summed E-state index contributed by atoms with van der Waals surface area (Å²) < 4.78 is 44.8. The molecule has 0 aliphatic carbocycles. The molecular formula is C22H24F3N3O4. The number of carbonyl (C=O) groups excluding carboxylic acids is 1. The van der Waals surface area contributed by atoms with Gasteiger partial charge in [0.25, 0.3) is 0 Å². The highest BCUT2D eigenvalue weighted by atomic mass is 19.4. The number of hydrogen-bond donors (Lipinski definition) is 2. The fourth-order valence-electron chi connectivity index (χ4n) is 3.74. The molecule has 0 unspecified atom stereocenters. The van der Waals surface area contributed by atoms with E-state index < -0.39 is 30.4 Å². The number of aliphatic carboxylic acids is 1. The summed E-state index contributed by atoms with van der Waals surface area (Å²) in [5.74, 6) is -2.54. The van der Waals surface area contributed by atoms with Crippen LogP contribution in [0.3, 0.4) is 0 Å². The summed E-state index contributed by atoms with van der Waals surface area (Å²) in [6.45, 7) is -1.23. The summed E-state index contributed by atoms with van der Waals surface area (Å²) >= 11 is 0. The van der Waals surface area contributed by atoms with Crippen molar-refractivity contribution in [2.45, 2.75) is 25.6 Å². The van der Waals surface area contributed by atoms with Crippen LogP contribution in [0.25, 0.3) is 0 Å². The van der Waals surface area contributed by atoms with E-state index >= 15 is 0 Å². The predicted molar refractivity (Wildman–Crippen MR) is 111 cm³/mol. The number of nitrogens with zero attached hydrogens (tertiary/aromatic N) is 2. The van der Waals surface area contributed by atoms with E-state index in [1.54, 1.807) is 25.2 Å². The smallest absolute Gasteiger partial charge is 0.401 e. The molecule has 2 heterocycles. The van der Waals surface area contributed by atoms with Crippen LogP contribution in [0.5, 0.6) is 5.75 Å². The minimum atomic E-state index is -4.47. The molecular weight excluding hydrogens is 427 g/mol. The Morgan fingerprint density at radius 1 is 1.25 bits per heavy atom. The summed E-state index contributed by atoms with van der Waals surface area (Å²) in [7, 11) is 1.77. The highest BCUT2D eigenvalue weighted by molar-refractivity contribution is 6.33. The van der Waals surface area contributed by atoms with Crippen molar-refractivity contribution in [3.8, 4) is 5.75 Å². The van der Waals surface area contributed by atoms with Crippen molar-refractivity contribution in [3.05, 3.63) is 53.2 Å². The second kappa shape index (κ2) is 9.99. The molecule has 0 saturated carbocycles. The highest BCUT2D eigenvalue weighted by Crippen LogP contribution is 2.28. The number of Topliss-reactive ketones (excluding diaryl/α,β-unsaturated/α-hetero) is 1. The second-order valence-electron chi connectivity index (χ2n) is 7.65. The lowest BCUT2D eigenvalue weighted by Gasteiger charge is -2.24. The Kier molecular flexibility index (Phi) is 7.34. The number of anilines is 1. The molecule has 3 rings (SSSR count). The molecule has 32 heavy (non-hydrogen) atoms. The van der Waals surface area contributed by atoms with Crippen molar-refractivity contribution in [1.29, 1.82) is 0 Å². The zero-order valence-corrected chi connectivity index (χ0v) is 17.5. The first-order valence-electron chi connectivity index (χ1n) is 10.1. The average Bonchev–Trinajstić information content (AvgIpc) is 2.90. The number of aromatic nitrogens is 1. The number of ketones is 1. The number of carboxylic acids is 1. The van der Waals surface area contributed by atoms with Gasteiger partial charge in [0, 0.05) is 38.2 Å². The summed E-state index contributed by atoms with van der Waals surface area (Å²) in [5, 5.41) is 12.0. The van der Waals surface area contributed by atoms with E-state index in [1.165, 1.54) is 0 Å². The van der Waals surface area contributed by atoms with Gasteiger partial charge in [-0.2, -0.15) is 13.2 Å². The maximum absolute atomic E-state index is 13.0. The molecule has 0 saturated heterocycles. The third-order valence-corrected chi connectivity index (χ3v) is 5.19. The van der Waals surface area contributed by atoms with Crippen LogP contribution >= 0.6 is 0 Å². The molecule has 1 aliphatic heterocycles. The molecule has 1 aromatic heterocycles. The Morgan fingerprint density at radius 3 is 2.72 bits per heavy atom. The number of carboxylic acid groups (broad SMARTS) is 1. The summed E-state index contributed by atoms with van der Waals surface area (Å²) in [4.78, 5) is 28.6. The standard InChI is InChI=1S/C22H24F3N3O4/c1-26-19-4-2-3-17(27-19)7-8-32-18-6-5-14-9-16(20(29)21(30)31)12-28(11-15(14)10-18)13-22(23,24)25/h2-6,10,16H,7-9,11-13H2,1H3,(H,26,27)(H,30,31)/t16-/m0/s1. The third kappa shape index (κ3) is 6.43. The summed E-state index contributed by atoms with van der Waals surface area (Å²) in [6.07, 6.45) is -3.86. The molecule has 0 amide bonds. The monoisotopic (exact) mass is 451 g/mol. The normalized spacial score (nSPS) is 16.7. The number of nitrogens with one attached hydrogen (secondary N) is 1. The Bertz CT molecular complexity index is 981. The minimum Gasteiger partial charge on any atom is -0.493 e. The Hall–Kier alpha value is -3.14. The van der Waals surface area contributed by atoms with Crippen molar-refractivity contribution in [2.24, 2.45) is 5.92 Å². The molecule has 2 aromatic rings. The van der Waals surface area contributed by atoms with E-state index in [0.717, 1.165) is 16.4 Å². The molecule has 172 valence electrons. The van der Waals surface area contributed by atoms with Gasteiger partial charge in [0.2, 0.25) is 5.78 Å². The summed E-state index contributed by atoms with van der Waals surface area (Å²) in [6, 6.07) is 10.6. The molecule has 1 aliphatic rings. The van der Waals surface area contributed by atoms with Crippen LogP contribution < -0.4 is 10.1 Å². The fraction of sp³-hybridized carbons (Fsp3) is 0.409. The first kappa shape index (κ1) is 23.5. The maximum Gasteiger partial charge on any atom is 0.401 e. The molecule has 0 radical (unpaired) electrons. The lowest BCUT2D eigenvalue weighted by atomic mass is 9.94. The van der Waals surface area contributed by atoms with Crippen LogP contribution in [-0.2, 0) is 29.0 Å². The Labute approximate surface area is 183 Å². The van der Waals surface area contributed by atoms with Crippen LogP contribution in [0.15, 0.2) is 36.4 Å². The van der Waals surface area contributed by atoms with Crippen molar-refractivity contribution < 1.29 is 32.6 Å². The van der Waals surface area contributed by atoms with E-state index in [2.05, 4.69) is 10.3 Å². The minimum absolute atomic E-state index is 0.0544. The quantitative estimate of drug-likeness (QED) is 0.597. The molecule has 0 bridgehead atoms. The lowest BCUT2D eigenvalue weighted by Crippen LogP contribution is -2.39. The van der Waals surface area contributed by atoms with Gasteiger partial charge in [-0.05, 0) is 41.8 Å². The van der Waals surface area contributed by atoms with Gasteiger partial charge in [0.1, 0.15) is 11.6 Å². The van der Waals surface area contributed by atoms with E-state index in [9.17, 15) is 22.8 Å². The topological polar surface area (TPSA) is 91.8 Å². The predicted octanol–water partition coefficient (Wildman–Crippen LogP) is 2.94. The van der Waals surface area contributed by atoms with E-state index in [-0.39, 0.29) is 19.5 Å². The lowest BCUT2D eigenvalue weighted by molar-refractivity contribution is -0.155. The number of alkyl halides is 3. The van der Waals surface area contributed by atoms with Gasteiger partial charge in [0.15, 0.2) is 0 Å². The SMILES string of the molecule is CNc1cccc(CCOc2ccc3c(c2)CN(CC(F)(F)F)C[C@@H](C(=O)C(=O)O)C3)n1. The molecule has 0 spiro atoms. The van der Waals surface area contributed by atoms with Gasteiger partial charge < -0.3 is 15.2 Å². The van der Waals surface area contributed by atoms with Crippen LogP contribution in [0.4, 0.5) is 19.0 Å². The zero-order valence-electron chi connectivity index (χ0n) is 17.5. The van der Waals surface area contributed by atoms with Crippen LogP contribution in [0.1, 0.15) is 16.8 Å².